The van der Waals surface area contributed by atoms with E-state index in [4.69, 9.17) is 11.6 Å². The molecule has 7 nitrogen and oxygen atoms in total. The van der Waals surface area contributed by atoms with E-state index in [0.29, 0.717) is 5.56 Å². The number of carbonyl (C=O) groups is 2. The molecule has 0 N–H and O–H groups in total. The highest BCUT2D eigenvalue weighted by atomic mass is 35.5. The van der Waals surface area contributed by atoms with Gasteiger partial charge in [-0.2, -0.15) is 10.1 Å². The van der Waals surface area contributed by atoms with E-state index < -0.39 is 16.7 Å². The highest BCUT2D eigenvalue weighted by molar-refractivity contribution is 6.32. The molecule has 1 heterocycles. The van der Waals surface area contributed by atoms with E-state index in [2.05, 4.69) is 5.10 Å². The molecule has 114 valence electrons. The number of nitro groups is 1. The van der Waals surface area contributed by atoms with Crippen molar-refractivity contribution in [3.63, 3.8) is 0 Å². The lowest BCUT2D eigenvalue weighted by molar-refractivity contribution is -0.384. The van der Waals surface area contributed by atoms with Crippen molar-refractivity contribution < 1.29 is 14.5 Å². The molecule has 0 spiro atoms. The highest BCUT2D eigenvalue weighted by Crippen LogP contribution is 2.25. The number of benzene rings is 2. The Morgan fingerprint density at radius 2 is 1.70 bits per heavy atom. The van der Waals surface area contributed by atoms with Crippen LogP contribution in [0.2, 0.25) is 5.02 Å². The van der Waals surface area contributed by atoms with Crippen LogP contribution < -0.4 is 0 Å². The number of nitro benzene ring substituents is 1. The van der Waals surface area contributed by atoms with Crippen molar-refractivity contribution in [2.24, 2.45) is 5.10 Å². The minimum atomic E-state index is -0.623. The Labute approximate surface area is 134 Å². The van der Waals surface area contributed by atoms with Crippen LogP contribution in [0, 0.1) is 10.1 Å². The molecule has 0 saturated carbocycles. The average Bonchev–Trinajstić information content (AvgIpc) is 2.78. The molecule has 0 saturated heterocycles. The standard InChI is InChI=1S/C15H8ClN3O4/c16-12-6-5-9(7-13(12)19(22)23)8-17-18-14(20)10-3-1-2-4-11(10)15(18)21/h1-8H/b17-8+. The second kappa shape index (κ2) is 5.62. The van der Waals surface area contributed by atoms with Crippen LogP contribution in [0.4, 0.5) is 5.69 Å². The van der Waals surface area contributed by atoms with Crippen LogP contribution in [-0.4, -0.2) is 28.0 Å². The molecule has 3 rings (SSSR count). The van der Waals surface area contributed by atoms with Crippen molar-refractivity contribution in [3.8, 4) is 0 Å². The number of amides is 2. The summed E-state index contributed by atoms with van der Waals surface area (Å²) in [5, 5.41) is 15.4. The summed E-state index contributed by atoms with van der Waals surface area (Å²) in [6.07, 6.45) is 1.20. The van der Waals surface area contributed by atoms with Gasteiger partial charge in [-0.15, -0.1) is 0 Å². The summed E-state index contributed by atoms with van der Waals surface area (Å²) in [4.78, 5) is 34.5. The number of hydrazone groups is 1. The third-order valence-corrected chi connectivity index (χ3v) is 3.58. The van der Waals surface area contributed by atoms with Gasteiger partial charge in [0.1, 0.15) is 5.02 Å². The fourth-order valence-corrected chi connectivity index (χ4v) is 2.34. The lowest BCUT2D eigenvalue weighted by Crippen LogP contribution is -2.23. The molecule has 0 bridgehead atoms. The summed E-state index contributed by atoms with van der Waals surface area (Å²) in [5.41, 5.74) is 0.615. The molecule has 2 aromatic rings. The van der Waals surface area contributed by atoms with Crippen molar-refractivity contribution in [2.75, 3.05) is 0 Å². The number of fused-ring (bicyclic) bond motifs is 1. The van der Waals surface area contributed by atoms with E-state index >= 15 is 0 Å². The third-order valence-electron chi connectivity index (χ3n) is 3.26. The number of halogens is 1. The van der Waals surface area contributed by atoms with Crippen LogP contribution in [0.5, 0.6) is 0 Å². The predicted molar refractivity (Wildman–Crippen MR) is 82.6 cm³/mol. The Kier molecular flexibility index (Phi) is 3.63. The number of hydrogen-bond acceptors (Lipinski definition) is 5. The summed E-state index contributed by atoms with van der Waals surface area (Å²) in [7, 11) is 0. The molecule has 8 heteroatoms. The van der Waals surface area contributed by atoms with Gasteiger partial charge in [0.05, 0.1) is 22.3 Å². The van der Waals surface area contributed by atoms with Crippen molar-refractivity contribution in [1.29, 1.82) is 0 Å². The molecule has 0 aliphatic carbocycles. The first-order chi connectivity index (χ1) is 11.0. The minimum absolute atomic E-state index is 0.00659. The molecular formula is C15H8ClN3O4. The summed E-state index contributed by atoms with van der Waals surface area (Å²) in [5.74, 6) is -1.07. The van der Waals surface area contributed by atoms with E-state index in [0.717, 1.165) is 5.01 Å². The Morgan fingerprint density at radius 1 is 1.09 bits per heavy atom. The molecule has 23 heavy (non-hydrogen) atoms. The second-order valence-corrected chi connectivity index (χ2v) is 5.09. The van der Waals surface area contributed by atoms with Crippen LogP contribution >= 0.6 is 11.6 Å². The van der Waals surface area contributed by atoms with Crippen LogP contribution in [0.15, 0.2) is 47.6 Å². The lowest BCUT2D eigenvalue weighted by atomic mass is 10.1. The first-order valence-electron chi connectivity index (χ1n) is 6.45. The van der Waals surface area contributed by atoms with Crippen molar-refractivity contribution in [2.45, 2.75) is 0 Å². The minimum Gasteiger partial charge on any atom is -0.267 e. The number of imide groups is 1. The smallest absolute Gasteiger partial charge is 0.267 e. The van der Waals surface area contributed by atoms with Gasteiger partial charge in [-0.3, -0.25) is 19.7 Å². The van der Waals surface area contributed by atoms with Crippen LogP contribution in [0.1, 0.15) is 26.3 Å². The Hall–Kier alpha value is -3.06. The van der Waals surface area contributed by atoms with Crippen molar-refractivity contribution >= 4 is 35.3 Å². The predicted octanol–water partition coefficient (Wildman–Crippen LogP) is 2.88. The van der Waals surface area contributed by atoms with Gasteiger partial charge < -0.3 is 0 Å². The van der Waals surface area contributed by atoms with Gasteiger partial charge in [0, 0.05) is 11.6 Å². The molecule has 0 unspecified atom stereocenters. The fourth-order valence-electron chi connectivity index (χ4n) is 2.16. The summed E-state index contributed by atoms with van der Waals surface area (Å²) >= 11 is 5.72. The van der Waals surface area contributed by atoms with Gasteiger partial charge >= 0.3 is 0 Å². The van der Waals surface area contributed by atoms with Gasteiger partial charge in [0.15, 0.2) is 0 Å². The van der Waals surface area contributed by atoms with Crippen LogP contribution in [0.25, 0.3) is 0 Å². The number of carbonyl (C=O) groups excluding carboxylic acids is 2. The Balaban J connectivity index is 1.90. The Bertz CT molecular complexity index is 844. The van der Waals surface area contributed by atoms with E-state index in [-0.39, 0.29) is 21.8 Å². The van der Waals surface area contributed by atoms with E-state index in [1.807, 2.05) is 0 Å². The van der Waals surface area contributed by atoms with Gasteiger partial charge in [0.2, 0.25) is 0 Å². The summed E-state index contributed by atoms with van der Waals surface area (Å²) in [6, 6.07) is 10.4. The molecule has 1 aliphatic heterocycles. The molecule has 0 atom stereocenters. The van der Waals surface area contributed by atoms with E-state index in [9.17, 15) is 19.7 Å². The largest absolute Gasteiger partial charge is 0.288 e. The number of nitrogens with zero attached hydrogens (tertiary/aromatic N) is 3. The maximum atomic E-state index is 12.1. The Morgan fingerprint density at radius 3 is 2.26 bits per heavy atom. The maximum absolute atomic E-state index is 12.1. The molecular weight excluding hydrogens is 322 g/mol. The molecule has 2 amide bonds. The maximum Gasteiger partial charge on any atom is 0.288 e. The molecule has 0 fully saturated rings. The van der Waals surface area contributed by atoms with E-state index in [1.165, 1.54) is 36.5 Å². The van der Waals surface area contributed by atoms with Crippen molar-refractivity contribution in [3.05, 3.63) is 74.3 Å². The van der Waals surface area contributed by atoms with Gasteiger partial charge in [-0.05, 0) is 18.2 Å². The molecule has 0 radical (unpaired) electrons. The lowest BCUT2D eigenvalue weighted by Gasteiger charge is -2.05. The van der Waals surface area contributed by atoms with Crippen LogP contribution in [0.3, 0.4) is 0 Å². The molecule has 1 aliphatic rings. The second-order valence-electron chi connectivity index (χ2n) is 4.68. The summed E-state index contributed by atoms with van der Waals surface area (Å²) in [6.45, 7) is 0. The SMILES string of the molecule is O=C1c2ccccc2C(=O)N1/N=C/c1ccc(Cl)c([N+](=O)[O-])c1. The van der Waals surface area contributed by atoms with Gasteiger partial charge in [0.25, 0.3) is 17.5 Å². The van der Waals surface area contributed by atoms with Crippen LogP contribution in [-0.2, 0) is 0 Å². The average molecular weight is 330 g/mol. The van der Waals surface area contributed by atoms with Gasteiger partial charge in [-0.1, -0.05) is 29.8 Å². The zero-order valence-corrected chi connectivity index (χ0v) is 12.2. The summed E-state index contributed by atoms with van der Waals surface area (Å²) < 4.78 is 0. The topological polar surface area (TPSA) is 92.9 Å². The quantitative estimate of drug-likeness (QED) is 0.374. The first kappa shape index (κ1) is 14.9. The zero-order valence-electron chi connectivity index (χ0n) is 11.5. The third kappa shape index (κ3) is 2.58. The molecule has 2 aromatic carbocycles. The van der Waals surface area contributed by atoms with E-state index in [1.54, 1.807) is 12.1 Å². The zero-order chi connectivity index (χ0) is 16.6. The number of rotatable bonds is 3. The molecule has 0 aromatic heterocycles. The van der Waals surface area contributed by atoms with Crippen molar-refractivity contribution in [1.82, 2.24) is 5.01 Å². The number of hydrogen-bond donors (Lipinski definition) is 0. The highest BCUT2D eigenvalue weighted by Gasteiger charge is 2.35. The normalized spacial score (nSPS) is 13.7. The monoisotopic (exact) mass is 329 g/mol. The fraction of sp³-hybridized carbons (Fsp3) is 0. The van der Waals surface area contributed by atoms with Gasteiger partial charge in [-0.25, -0.2) is 0 Å². The first-order valence-corrected chi connectivity index (χ1v) is 6.82.